The van der Waals surface area contributed by atoms with Crippen LogP contribution in [0.3, 0.4) is 0 Å². The highest BCUT2D eigenvalue weighted by Gasteiger charge is 2.20. The van der Waals surface area contributed by atoms with Gasteiger partial charge >= 0.3 is 0 Å². The van der Waals surface area contributed by atoms with Gasteiger partial charge in [-0.05, 0) is 41.4 Å². The Morgan fingerprint density at radius 2 is 2.47 bits per heavy atom. The Bertz CT molecular complexity index is 347. The molecular formula is C10H13BrN2OS. The van der Waals surface area contributed by atoms with E-state index in [1.165, 1.54) is 17.8 Å². The Morgan fingerprint density at radius 1 is 1.60 bits per heavy atom. The predicted molar refractivity (Wildman–Crippen MR) is 66.3 cm³/mol. The minimum Gasteiger partial charge on any atom is -0.316 e. The standard InChI is InChI=1S/C10H13BrN2OS/c11-7-5-9(15-6-7)13-10(14)8-3-1-2-4-12-8/h5-6,8,12H,1-4H2,(H,13,14). The highest BCUT2D eigenvalue weighted by atomic mass is 79.9. The van der Waals surface area contributed by atoms with Crippen molar-refractivity contribution in [1.29, 1.82) is 0 Å². The Kier molecular flexibility index (Phi) is 3.77. The van der Waals surface area contributed by atoms with Crippen LogP contribution in [0.15, 0.2) is 15.9 Å². The SMILES string of the molecule is O=C(Nc1cc(Br)cs1)C1CCCCN1. The van der Waals surface area contributed by atoms with Crippen LogP contribution in [0.5, 0.6) is 0 Å². The first-order valence-electron chi connectivity index (χ1n) is 5.04. The van der Waals surface area contributed by atoms with Gasteiger partial charge in [0.05, 0.1) is 11.0 Å². The fraction of sp³-hybridized carbons (Fsp3) is 0.500. The monoisotopic (exact) mass is 288 g/mol. The summed E-state index contributed by atoms with van der Waals surface area (Å²) in [7, 11) is 0. The molecule has 15 heavy (non-hydrogen) atoms. The number of halogens is 1. The molecule has 0 aliphatic carbocycles. The first-order valence-corrected chi connectivity index (χ1v) is 6.71. The largest absolute Gasteiger partial charge is 0.316 e. The van der Waals surface area contributed by atoms with E-state index in [1.54, 1.807) is 0 Å². The van der Waals surface area contributed by atoms with Crippen molar-refractivity contribution < 1.29 is 4.79 Å². The second-order valence-corrected chi connectivity index (χ2v) is 5.45. The summed E-state index contributed by atoms with van der Waals surface area (Å²) in [6.45, 7) is 0.951. The number of rotatable bonds is 2. The molecule has 1 aliphatic rings. The third-order valence-electron chi connectivity index (χ3n) is 2.44. The average Bonchev–Trinajstić information content (AvgIpc) is 2.65. The van der Waals surface area contributed by atoms with Crippen LogP contribution < -0.4 is 10.6 Å². The van der Waals surface area contributed by atoms with Crippen LogP contribution in [0.4, 0.5) is 5.00 Å². The molecule has 0 saturated carbocycles. The quantitative estimate of drug-likeness (QED) is 0.878. The zero-order valence-corrected chi connectivity index (χ0v) is 10.7. The van der Waals surface area contributed by atoms with Gasteiger partial charge in [-0.1, -0.05) is 6.42 Å². The first kappa shape index (κ1) is 11.1. The summed E-state index contributed by atoms with van der Waals surface area (Å²) < 4.78 is 1.01. The molecule has 82 valence electrons. The second-order valence-electron chi connectivity index (χ2n) is 3.62. The normalized spacial score (nSPS) is 21.3. The van der Waals surface area contributed by atoms with Gasteiger partial charge in [0.2, 0.25) is 5.91 Å². The molecule has 0 radical (unpaired) electrons. The average molecular weight is 289 g/mol. The van der Waals surface area contributed by atoms with Gasteiger partial charge in [-0.3, -0.25) is 4.79 Å². The van der Waals surface area contributed by atoms with Crippen molar-refractivity contribution in [2.45, 2.75) is 25.3 Å². The second kappa shape index (κ2) is 5.09. The number of hydrogen-bond donors (Lipinski definition) is 2. The Labute approximate surface area is 101 Å². The molecule has 1 aromatic heterocycles. The molecule has 1 amide bonds. The molecular weight excluding hydrogens is 276 g/mol. The van der Waals surface area contributed by atoms with E-state index in [4.69, 9.17) is 0 Å². The van der Waals surface area contributed by atoms with E-state index < -0.39 is 0 Å². The number of carbonyl (C=O) groups excluding carboxylic acids is 1. The van der Waals surface area contributed by atoms with E-state index >= 15 is 0 Å². The van der Waals surface area contributed by atoms with Crippen molar-refractivity contribution in [3.8, 4) is 0 Å². The van der Waals surface area contributed by atoms with Crippen molar-refractivity contribution in [3.63, 3.8) is 0 Å². The van der Waals surface area contributed by atoms with E-state index in [0.717, 1.165) is 28.9 Å². The molecule has 5 heteroatoms. The lowest BCUT2D eigenvalue weighted by Crippen LogP contribution is -2.43. The molecule has 0 bridgehead atoms. The van der Waals surface area contributed by atoms with Gasteiger partial charge in [-0.25, -0.2) is 0 Å². The van der Waals surface area contributed by atoms with Crippen molar-refractivity contribution >= 4 is 38.2 Å². The maximum absolute atomic E-state index is 11.8. The number of carbonyl (C=O) groups is 1. The van der Waals surface area contributed by atoms with Crippen LogP contribution in [-0.4, -0.2) is 18.5 Å². The summed E-state index contributed by atoms with van der Waals surface area (Å²) in [6, 6.07) is 1.91. The van der Waals surface area contributed by atoms with Gasteiger partial charge in [0.1, 0.15) is 0 Å². The van der Waals surface area contributed by atoms with Crippen LogP contribution in [0.1, 0.15) is 19.3 Å². The summed E-state index contributed by atoms with van der Waals surface area (Å²) in [5.41, 5.74) is 0. The lowest BCUT2D eigenvalue weighted by Gasteiger charge is -2.22. The third kappa shape index (κ3) is 3.03. The molecule has 0 aromatic carbocycles. The number of amides is 1. The lowest BCUT2D eigenvalue weighted by atomic mass is 10.0. The molecule has 3 nitrogen and oxygen atoms in total. The number of nitrogens with one attached hydrogen (secondary N) is 2. The van der Waals surface area contributed by atoms with Crippen LogP contribution in [0.25, 0.3) is 0 Å². The Hall–Kier alpha value is -0.390. The minimum absolute atomic E-state index is 0.0142. The van der Waals surface area contributed by atoms with Crippen molar-refractivity contribution in [2.75, 3.05) is 11.9 Å². The van der Waals surface area contributed by atoms with E-state index in [9.17, 15) is 4.79 Å². The molecule has 1 saturated heterocycles. The number of anilines is 1. The fourth-order valence-corrected chi connectivity index (χ4v) is 2.99. The van der Waals surface area contributed by atoms with Crippen molar-refractivity contribution in [1.82, 2.24) is 5.32 Å². The molecule has 2 N–H and O–H groups in total. The zero-order chi connectivity index (χ0) is 10.7. The zero-order valence-electron chi connectivity index (χ0n) is 8.25. The lowest BCUT2D eigenvalue weighted by molar-refractivity contribution is -0.118. The van der Waals surface area contributed by atoms with Crippen LogP contribution in [0, 0.1) is 0 Å². The van der Waals surface area contributed by atoms with E-state index in [1.807, 2.05) is 11.4 Å². The maximum atomic E-state index is 11.8. The van der Waals surface area contributed by atoms with Gasteiger partial charge in [0, 0.05) is 9.85 Å². The highest BCUT2D eigenvalue weighted by molar-refractivity contribution is 9.10. The Morgan fingerprint density at radius 3 is 3.07 bits per heavy atom. The van der Waals surface area contributed by atoms with Gasteiger partial charge in [-0.2, -0.15) is 0 Å². The topological polar surface area (TPSA) is 41.1 Å². The van der Waals surface area contributed by atoms with Gasteiger partial charge in [0.25, 0.3) is 0 Å². The minimum atomic E-state index is -0.0142. The molecule has 1 unspecified atom stereocenters. The number of thiophene rings is 1. The summed E-state index contributed by atoms with van der Waals surface area (Å²) in [4.78, 5) is 11.8. The number of hydrogen-bond acceptors (Lipinski definition) is 3. The van der Waals surface area contributed by atoms with Crippen LogP contribution >= 0.6 is 27.3 Å². The van der Waals surface area contributed by atoms with E-state index in [2.05, 4.69) is 26.6 Å². The summed E-state index contributed by atoms with van der Waals surface area (Å²) in [5, 5.41) is 9.01. The predicted octanol–water partition coefficient (Wildman–Crippen LogP) is 2.59. The Balaban J connectivity index is 1.91. The van der Waals surface area contributed by atoms with E-state index in [-0.39, 0.29) is 11.9 Å². The summed E-state index contributed by atoms with van der Waals surface area (Å²) >= 11 is 4.90. The van der Waals surface area contributed by atoms with E-state index in [0.29, 0.717) is 0 Å². The maximum Gasteiger partial charge on any atom is 0.242 e. The molecule has 1 atom stereocenters. The smallest absolute Gasteiger partial charge is 0.242 e. The summed E-state index contributed by atoms with van der Waals surface area (Å²) in [5.74, 6) is 0.0871. The molecule has 1 fully saturated rings. The molecule has 2 heterocycles. The van der Waals surface area contributed by atoms with Gasteiger partial charge < -0.3 is 10.6 Å². The fourth-order valence-electron chi connectivity index (χ4n) is 1.66. The molecule has 1 aliphatic heterocycles. The van der Waals surface area contributed by atoms with Crippen molar-refractivity contribution in [2.24, 2.45) is 0 Å². The van der Waals surface area contributed by atoms with Crippen molar-refractivity contribution in [3.05, 3.63) is 15.9 Å². The van der Waals surface area contributed by atoms with Crippen LogP contribution in [-0.2, 0) is 4.79 Å². The van der Waals surface area contributed by atoms with Gasteiger partial charge in [-0.15, -0.1) is 11.3 Å². The molecule has 2 rings (SSSR count). The third-order valence-corrected chi connectivity index (χ3v) is 4.05. The van der Waals surface area contributed by atoms with Gasteiger partial charge in [0.15, 0.2) is 0 Å². The highest BCUT2D eigenvalue weighted by Crippen LogP contribution is 2.24. The first-order chi connectivity index (χ1) is 7.25. The summed E-state index contributed by atoms with van der Waals surface area (Å²) in [6.07, 6.45) is 3.26. The number of piperidine rings is 1. The molecule has 1 aromatic rings. The molecule has 0 spiro atoms. The van der Waals surface area contributed by atoms with Crippen LogP contribution in [0.2, 0.25) is 0 Å².